The Bertz CT molecular complexity index is 393. The van der Waals surface area contributed by atoms with Gasteiger partial charge in [-0.25, -0.2) is 0 Å². The maximum absolute atomic E-state index is 12.2. The van der Waals surface area contributed by atoms with E-state index in [2.05, 4.69) is 0 Å². The van der Waals surface area contributed by atoms with Gasteiger partial charge in [-0.3, -0.25) is 4.79 Å². The van der Waals surface area contributed by atoms with Crippen molar-refractivity contribution in [2.45, 2.75) is 20.3 Å². The Labute approximate surface area is 109 Å². The summed E-state index contributed by atoms with van der Waals surface area (Å²) in [5, 5.41) is 0. The molecule has 1 aromatic rings. The fourth-order valence-corrected chi connectivity index (χ4v) is 1.95. The Morgan fingerprint density at radius 3 is 2.78 bits per heavy atom. The predicted octanol–water partition coefficient (Wildman–Crippen LogP) is 2.29. The lowest BCUT2D eigenvalue weighted by Crippen LogP contribution is -2.32. The van der Waals surface area contributed by atoms with E-state index in [4.69, 9.17) is 10.5 Å². The minimum atomic E-state index is 0.104. The van der Waals surface area contributed by atoms with Crippen LogP contribution in [0.3, 0.4) is 0 Å². The zero-order valence-corrected chi connectivity index (χ0v) is 11.3. The Hall–Kier alpha value is -1.55. The first kappa shape index (κ1) is 14.5. The van der Waals surface area contributed by atoms with E-state index >= 15 is 0 Å². The van der Waals surface area contributed by atoms with Gasteiger partial charge in [0, 0.05) is 38.1 Å². The number of ether oxygens (including phenoxy) is 1. The molecule has 1 aromatic carbocycles. The van der Waals surface area contributed by atoms with Gasteiger partial charge in [0.25, 0.3) is 0 Å². The van der Waals surface area contributed by atoms with Crippen molar-refractivity contribution in [3.63, 3.8) is 0 Å². The van der Waals surface area contributed by atoms with Gasteiger partial charge in [-0.2, -0.15) is 0 Å². The molecule has 2 N–H and O–H groups in total. The summed E-state index contributed by atoms with van der Waals surface area (Å²) in [5.74, 6) is 0.324. The van der Waals surface area contributed by atoms with E-state index in [9.17, 15) is 4.79 Å². The second-order valence-electron chi connectivity index (χ2n) is 4.50. The van der Waals surface area contributed by atoms with Crippen molar-refractivity contribution in [3.8, 4) is 0 Å². The molecule has 18 heavy (non-hydrogen) atoms. The average molecular weight is 250 g/mol. The zero-order chi connectivity index (χ0) is 13.5. The summed E-state index contributed by atoms with van der Waals surface area (Å²) in [6.45, 7) is 5.21. The topological polar surface area (TPSA) is 55.6 Å². The minimum absolute atomic E-state index is 0.104. The van der Waals surface area contributed by atoms with E-state index in [-0.39, 0.29) is 11.8 Å². The highest BCUT2D eigenvalue weighted by Crippen LogP contribution is 2.19. The Morgan fingerprint density at radius 1 is 1.50 bits per heavy atom. The van der Waals surface area contributed by atoms with Crippen LogP contribution in [-0.2, 0) is 9.53 Å². The van der Waals surface area contributed by atoms with Crippen LogP contribution in [0.2, 0.25) is 0 Å². The number of amides is 1. The van der Waals surface area contributed by atoms with Crippen LogP contribution in [0.4, 0.5) is 11.4 Å². The second-order valence-corrected chi connectivity index (χ2v) is 4.50. The minimum Gasteiger partial charge on any atom is -0.399 e. The van der Waals surface area contributed by atoms with E-state index < -0.39 is 0 Å². The molecular weight excluding hydrogens is 228 g/mol. The molecular formula is C14H22N2O2. The van der Waals surface area contributed by atoms with Gasteiger partial charge in [0.2, 0.25) is 5.91 Å². The number of nitrogens with two attached hydrogens (primary N) is 1. The number of carbonyl (C=O) groups excluding carboxylic acids is 1. The molecule has 0 saturated heterocycles. The molecule has 1 unspecified atom stereocenters. The van der Waals surface area contributed by atoms with Gasteiger partial charge in [0.1, 0.15) is 0 Å². The monoisotopic (exact) mass is 250 g/mol. The Kier molecular flexibility index (Phi) is 5.65. The zero-order valence-electron chi connectivity index (χ0n) is 11.3. The molecule has 1 atom stereocenters. The number of nitrogen functional groups attached to an aromatic ring is 1. The summed E-state index contributed by atoms with van der Waals surface area (Å²) < 4.78 is 5.05. The second kappa shape index (κ2) is 7.01. The summed E-state index contributed by atoms with van der Waals surface area (Å²) in [6.07, 6.45) is 0.483. The lowest BCUT2D eigenvalue weighted by molar-refractivity contribution is -0.119. The summed E-state index contributed by atoms with van der Waals surface area (Å²) in [6, 6.07) is 7.40. The molecule has 1 rings (SSSR count). The van der Waals surface area contributed by atoms with Crippen molar-refractivity contribution in [1.82, 2.24) is 0 Å². The average Bonchev–Trinajstić information content (AvgIpc) is 2.30. The summed E-state index contributed by atoms with van der Waals surface area (Å²) in [5.41, 5.74) is 7.27. The molecule has 0 aliphatic heterocycles. The van der Waals surface area contributed by atoms with Crippen LogP contribution in [0.5, 0.6) is 0 Å². The van der Waals surface area contributed by atoms with Crippen LogP contribution in [0.25, 0.3) is 0 Å². The van der Waals surface area contributed by atoms with Crippen LogP contribution < -0.4 is 10.6 Å². The van der Waals surface area contributed by atoms with Gasteiger partial charge >= 0.3 is 0 Å². The number of methoxy groups -OCH3 is 1. The van der Waals surface area contributed by atoms with Crippen molar-refractivity contribution in [3.05, 3.63) is 24.3 Å². The molecule has 0 fully saturated rings. The molecule has 0 aliphatic carbocycles. The van der Waals surface area contributed by atoms with Gasteiger partial charge in [0.15, 0.2) is 0 Å². The number of hydrogen-bond donors (Lipinski definition) is 1. The van der Waals surface area contributed by atoms with Gasteiger partial charge in [-0.1, -0.05) is 13.0 Å². The Balaban J connectivity index is 2.74. The summed E-state index contributed by atoms with van der Waals surface area (Å²) >= 11 is 0. The van der Waals surface area contributed by atoms with Crippen molar-refractivity contribution < 1.29 is 9.53 Å². The van der Waals surface area contributed by atoms with E-state index in [0.717, 1.165) is 5.69 Å². The van der Waals surface area contributed by atoms with Gasteiger partial charge in [-0.05, 0) is 31.0 Å². The third-order valence-electron chi connectivity index (χ3n) is 2.77. The number of rotatable bonds is 6. The highest BCUT2D eigenvalue weighted by atomic mass is 16.5. The quantitative estimate of drug-likeness (QED) is 0.788. The molecule has 0 aromatic heterocycles. The Morgan fingerprint density at radius 2 is 2.22 bits per heavy atom. The van der Waals surface area contributed by atoms with Crippen LogP contribution in [0.1, 0.15) is 20.3 Å². The van der Waals surface area contributed by atoms with Crippen molar-refractivity contribution in [1.29, 1.82) is 0 Å². The highest BCUT2D eigenvalue weighted by Gasteiger charge is 2.16. The molecule has 100 valence electrons. The third kappa shape index (κ3) is 4.04. The number of hydrogen-bond acceptors (Lipinski definition) is 3. The number of carbonyl (C=O) groups is 1. The predicted molar refractivity (Wildman–Crippen MR) is 74.5 cm³/mol. The molecule has 1 amide bonds. The van der Waals surface area contributed by atoms with Crippen molar-refractivity contribution in [2.75, 3.05) is 30.9 Å². The van der Waals surface area contributed by atoms with E-state index in [1.807, 2.05) is 38.1 Å². The molecule has 0 saturated carbocycles. The normalized spacial score (nSPS) is 12.2. The van der Waals surface area contributed by atoms with E-state index in [1.54, 1.807) is 12.0 Å². The van der Waals surface area contributed by atoms with Crippen molar-refractivity contribution in [2.24, 2.45) is 5.92 Å². The number of benzene rings is 1. The number of anilines is 2. The third-order valence-corrected chi connectivity index (χ3v) is 2.77. The fraction of sp³-hybridized carbons (Fsp3) is 0.500. The first-order valence-corrected chi connectivity index (χ1v) is 6.23. The van der Waals surface area contributed by atoms with E-state index in [1.165, 1.54) is 0 Å². The summed E-state index contributed by atoms with van der Waals surface area (Å²) in [7, 11) is 1.65. The van der Waals surface area contributed by atoms with Crippen LogP contribution in [0, 0.1) is 5.92 Å². The first-order valence-electron chi connectivity index (χ1n) is 6.23. The van der Waals surface area contributed by atoms with Gasteiger partial charge < -0.3 is 15.4 Å². The van der Waals surface area contributed by atoms with Gasteiger partial charge in [-0.15, -0.1) is 0 Å². The maximum Gasteiger partial charge on any atom is 0.227 e. The molecule has 4 nitrogen and oxygen atoms in total. The first-order chi connectivity index (χ1) is 8.58. The number of nitrogens with zero attached hydrogens (tertiary/aromatic N) is 1. The van der Waals surface area contributed by atoms with Crippen LogP contribution in [0.15, 0.2) is 24.3 Å². The maximum atomic E-state index is 12.2. The van der Waals surface area contributed by atoms with Crippen LogP contribution >= 0.6 is 0 Å². The molecule has 0 aliphatic rings. The van der Waals surface area contributed by atoms with E-state index in [0.29, 0.717) is 25.3 Å². The lowest BCUT2D eigenvalue weighted by Gasteiger charge is -2.23. The molecule has 0 bridgehead atoms. The largest absolute Gasteiger partial charge is 0.399 e. The smallest absolute Gasteiger partial charge is 0.227 e. The van der Waals surface area contributed by atoms with Crippen molar-refractivity contribution >= 4 is 17.3 Å². The van der Waals surface area contributed by atoms with Gasteiger partial charge in [0.05, 0.1) is 0 Å². The summed E-state index contributed by atoms with van der Waals surface area (Å²) in [4.78, 5) is 14.0. The molecule has 4 heteroatoms. The standard InChI is InChI=1S/C14H22N2O2/c1-4-16(13-7-5-6-12(15)9-13)14(17)8-11(2)10-18-3/h5-7,9,11H,4,8,10,15H2,1-3H3. The fourth-order valence-electron chi connectivity index (χ4n) is 1.95. The molecule has 0 heterocycles. The highest BCUT2D eigenvalue weighted by molar-refractivity contribution is 5.93. The molecule has 0 spiro atoms. The lowest BCUT2D eigenvalue weighted by atomic mass is 10.1. The van der Waals surface area contributed by atoms with Crippen LogP contribution in [-0.4, -0.2) is 26.2 Å². The molecule has 0 radical (unpaired) electrons. The SMILES string of the molecule is CCN(C(=O)CC(C)COC)c1cccc(N)c1.